The van der Waals surface area contributed by atoms with E-state index < -0.39 is 0 Å². The summed E-state index contributed by atoms with van der Waals surface area (Å²) in [4.78, 5) is 20.9. The Hall–Kier alpha value is -3.17. The van der Waals surface area contributed by atoms with Gasteiger partial charge in [-0.1, -0.05) is 6.07 Å². The second-order valence-electron chi connectivity index (χ2n) is 7.09. The molecular weight excluding hydrogens is 352 g/mol. The molecule has 3 aromatic rings. The fraction of sp³-hybridized carbons (Fsp3) is 0.318. The fourth-order valence-electron chi connectivity index (χ4n) is 3.58. The Kier molecular flexibility index (Phi) is 5.36. The highest BCUT2D eigenvalue weighted by molar-refractivity contribution is 5.74. The van der Waals surface area contributed by atoms with Crippen molar-refractivity contribution >= 4 is 11.0 Å². The molecule has 3 heterocycles. The lowest BCUT2D eigenvalue weighted by molar-refractivity contribution is 0.233. The number of benzene rings is 1. The second kappa shape index (κ2) is 8.24. The van der Waals surface area contributed by atoms with E-state index in [0.29, 0.717) is 18.1 Å². The summed E-state index contributed by atoms with van der Waals surface area (Å²) in [5.74, 6) is 0.537. The monoisotopic (exact) mass is 374 g/mol. The van der Waals surface area contributed by atoms with Crippen molar-refractivity contribution in [2.75, 3.05) is 19.7 Å². The zero-order chi connectivity index (χ0) is 19.3. The molecule has 0 amide bonds. The van der Waals surface area contributed by atoms with E-state index >= 15 is 0 Å². The van der Waals surface area contributed by atoms with Gasteiger partial charge in [0.1, 0.15) is 5.65 Å². The zero-order valence-corrected chi connectivity index (χ0v) is 15.6. The van der Waals surface area contributed by atoms with Crippen molar-refractivity contribution < 1.29 is 4.74 Å². The predicted octanol–water partition coefficient (Wildman–Crippen LogP) is 3.01. The lowest BCUT2D eigenvalue weighted by Crippen LogP contribution is -2.31. The molecular formula is C22H22N4O2. The van der Waals surface area contributed by atoms with E-state index in [4.69, 9.17) is 10.00 Å². The number of aromatic nitrogens is 2. The van der Waals surface area contributed by atoms with Crippen molar-refractivity contribution in [3.8, 4) is 11.9 Å². The maximum Gasteiger partial charge on any atom is 0.249 e. The Morgan fingerprint density at radius 2 is 2.04 bits per heavy atom. The molecule has 0 bridgehead atoms. The predicted molar refractivity (Wildman–Crippen MR) is 107 cm³/mol. The number of ether oxygens (including phenoxy) is 1. The molecule has 1 N–H and O–H groups in total. The number of nitriles is 1. The van der Waals surface area contributed by atoms with Gasteiger partial charge in [0.15, 0.2) is 0 Å². The first-order chi connectivity index (χ1) is 13.7. The number of aromatic amines is 1. The number of H-pyrrole nitrogens is 1. The lowest BCUT2D eigenvalue weighted by atomic mass is 9.97. The third-order valence-corrected chi connectivity index (χ3v) is 5.10. The molecule has 142 valence electrons. The largest absolute Gasteiger partial charge is 0.478 e. The van der Waals surface area contributed by atoms with Crippen LogP contribution in [-0.2, 0) is 13.0 Å². The molecule has 4 rings (SSSR count). The fourth-order valence-corrected chi connectivity index (χ4v) is 3.58. The van der Waals surface area contributed by atoms with Crippen LogP contribution < -0.4 is 10.3 Å². The van der Waals surface area contributed by atoms with Crippen LogP contribution in [-0.4, -0.2) is 34.6 Å². The summed E-state index contributed by atoms with van der Waals surface area (Å²) < 4.78 is 5.74. The molecule has 2 aromatic heterocycles. The highest BCUT2D eigenvalue weighted by atomic mass is 16.5. The van der Waals surface area contributed by atoms with Crippen LogP contribution in [0.3, 0.4) is 0 Å². The summed E-state index contributed by atoms with van der Waals surface area (Å²) in [6, 6.07) is 15.2. The molecule has 0 spiro atoms. The molecule has 28 heavy (non-hydrogen) atoms. The third-order valence-electron chi connectivity index (χ3n) is 5.10. The van der Waals surface area contributed by atoms with E-state index in [1.54, 1.807) is 6.07 Å². The van der Waals surface area contributed by atoms with Crippen molar-refractivity contribution in [2.45, 2.75) is 25.8 Å². The van der Waals surface area contributed by atoms with Gasteiger partial charge in [-0.25, -0.2) is 0 Å². The Labute approximate surface area is 163 Å². The van der Waals surface area contributed by atoms with Gasteiger partial charge in [0.25, 0.3) is 0 Å². The SMILES string of the molecule is N#Cc1ccc2c(c1)CCN(CCCCOc1ccc3ccc(=O)[nH]c3n1)C2. The van der Waals surface area contributed by atoms with E-state index in [2.05, 4.69) is 27.0 Å². The summed E-state index contributed by atoms with van der Waals surface area (Å²) in [7, 11) is 0. The normalized spacial score (nSPS) is 13.8. The highest BCUT2D eigenvalue weighted by Crippen LogP contribution is 2.20. The minimum atomic E-state index is -0.163. The first kappa shape index (κ1) is 18.2. The second-order valence-corrected chi connectivity index (χ2v) is 7.09. The number of unbranched alkanes of at least 4 members (excludes halogenated alkanes) is 1. The molecule has 0 unspecified atom stereocenters. The summed E-state index contributed by atoms with van der Waals surface area (Å²) in [6.45, 7) is 3.61. The summed E-state index contributed by atoms with van der Waals surface area (Å²) in [5, 5.41) is 9.90. The van der Waals surface area contributed by atoms with Gasteiger partial charge >= 0.3 is 0 Å². The van der Waals surface area contributed by atoms with E-state index in [1.165, 1.54) is 17.2 Å². The Bertz CT molecular complexity index is 1080. The molecule has 0 radical (unpaired) electrons. The minimum absolute atomic E-state index is 0.163. The van der Waals surface area contributed by atoms with Crippen molar-refractivity contribution in [1.29, 1.82) is 5.26 Å². The molecule has 1 aliphatic heterocycles. The molecule has 0 saturated carbocycles. The summed E-state index contributed by atoms with van der Waals surface area (Å²) in [6.07, 6.45) is 3.00. The van der Waals surface area contributed by atoms with Gasteiger partial charge in [0, 0.05) is 30.6 Å². The minimum Gasteiger partial charge on any atom is -0.478 e. The van der Waals surface area contributed by atoms with Crippen molar-refractivity contribution in [1.82, 2.24) is 14.9 Å². The van der Waals surface area contributed by atoms with Gasteiger partial charge in [-0.15, -0.1) is 0 Å². The van der Waals surface area contributed by atoms with Crippen LogP contribution in [0.2, 0.25) is 0 Å². The third kappa shape index (κ3) is 4.21. The maximum atomic E-state index is 11.4. The van der Waals surface area contributed by atoms with Crippen LogP contribution in [0, 0.1) is 11.3 Å². The Morgan fingerprint density at radius 3 is 2.93 bits per heavy atom. The molecule has 0 atom stereocenters. The molecule has 0 aliphatic carbocycles. The lowest BCUT2D eigenvalue weighted by Gasteiger charge is -2.28. The molecule has 6 heteroatoms. The van der Waals surface area contributed by atoms with Gasteiger partial charge in [0.2, 0.25) is 11.4 Å². The zero-order valence-electron chi connectivity index (χ0n) is 15.6. The van der Waals surface area contributed by atoms with Crippen LogP contribution in [0.1, 0.15) is 29.5 Å². The van der Waals surface area contributed by atoms with Crippen LogP contribution >= 0.6 is 0 Å². The number of rotatable bonds is 6. The van der Waals surface area contributed by atoms with Gasteiger partial charge in [-0.2, -0.15) is 10.2 Å². The topological polar surface area (TPSA) is 82.0 Å². The number of nitrogens with one attached hydrogen (secondary N) is 1. The molecule has 0 saturated heterocycles. The average Bonchev–Trinajstić information content (AvgIpc) is 2.72. The van der Waals surface area contributed by atoms with Crippen LogP contribution in [0.25, 0.3) is 11.0 Å². The van der Waals surface area contributed by atoms with Crippen molar-refractivity contribution in [3.63, 3.8) is 0 Å². The number of pyridine rings is 2. The quantitative estimate of drug-likeness (QED) is 0.671. The number of hydrogen-bond donors (Lipinski definition) is 1. The average molecular weight is 374 g/mol. The van der Waals surface area contributed by atoms with E-state index in [0.717, 1.165) is 49.8 Å². The molecule has 0 fully saturated rings. The Balaban J connectivity index is 1.23. The van der Waals surface area contributed by atoms with Gasteiger partial charge < -0.3 is 9.72 Å². The first-order valence-corrected chi connectivity index (χ1v) is 9.58. The molecule has 1 aromatic carbocycles. The van der Waals surface area contributed by atoms with Crippen LogP contribution in [0.4, 0.5) is 0 Å². The molecule has 6 nitrogen and oxygen atoms in total. The number of fused-ring (bicyclic) bond motifs is 2. The van der Waals surface area contributed by atoms with Gasteiger partial charge in [0.05, 0.1) is 18.2 Å². The Morgan fingerprint density at radius 1 is 1.14 bits per heavy atom. The molecule has 1 aliphatic rings. The summed E-state index contributed by atoms with van der Waals surface area (Å²) >= 11 is 0. The maximum absolute atomic E-state index is 11.4. The van der Waals surface area contributed by atoms with E-state index in [-0.39, 0.29) is 5.56 Å². The smallest absolute Gasteiger partial charge is 0.249 e. The van der Waals surface area contributed by atoms with Crippen molar-refractivity contribution in [2.24, 2.45) is 0 Å². The standard InChI is InChI=1S/C22H22N4O2/c23-14-16-3-4-19-15-26(11-9-18(19)13-16)10-1-2-12-28-21-8-6-17-5-7-20(27)24-22(17)25-21/h3-8,13H,1-2,9-12,15H2,(H,24,25,27). The first-order valence-electron chi connectivity index (χ1n) is 9.58. The van der Waals surface area contributed by atoms with Crippen LogP contribution in [0.5, 0.6) is 5.88 Å². The van der Waals surface area contributed by atoms with Gasteiger partial charge in [-0.05, 0) is 61.2 Å². The highest BCUT2D eigenvalue weighted by Gasteiger charge is 2.16. The van der Waals surface area contributed by atoms with Crippen LogP contribution in [0.15, 0.2) is 47.3 Å². The van der Waals surface area contributed by atoms with Crippen molar-refractivity contribution in [3.05, 3.63) is 69.5 Å². The van der Waals surface area contributed by atoms with Gasteiger partial charge in [-0.3, -0.25) is 9.69 Å². The summed E-state index contributed by atoms with van der Waals surface area (Å²) in [5.41, 5.74) is 3.77. The van der Waals surface area contributed by atoms with E-state index in [1.807, 2.05) is 24.3 Å². The number of nitrogens with zero attached hydrogens (tertiary/aromatic N) is 3. The van der Waals surface area contributed by atoms with E-state index in [9.17, 15) is 4.79 Å². The number of hydrogen-bond acceptors (Lipinski definition) is 5.